The lowest BCUT2D eigenvalue weighted by Crippen LogP contribution is -2.76. The average Bonchev–Trinajstić information content (AvgIpc) is 3.08. The van der Waals surface area contributed by atoms with Crippen LogP contribution in [-0.2, 0) is 0 Å². The number of thioether (sulfide) groups is 2. The first-order chi connectivity index (χ1) is 28.5. The van der Waals surface area contributed by atoms with Gasteiger partial charge >= 0.3 is 118 Å². The van der Waals surface area contributed by atoms with E-state index in [0.717, 1.165) is 0 Å². The third-order valence-electron chi connectivity index (χ3n) is 8.29. The van der Waals surface area contributed by atoms with Crippen molar-refractivity contribution in [3.8, 4) is 0 Å². The van der Waals surface area contributed by atoms with E-state index in [1.165, 1.54) is 0 Å². The number of hydrogen-bond acceptors (Lipinski definition) is 2. The third kappa shape index (κ3) is 8.32. The molecule has 0 heterocycles. The average molecular weight is 1160 g/mol. The summed E-state index contributed by atoms with van der Waals surface area (Å²) in [6, 6.07) is 0. The van der Waals surface area contributed by atoms with Crippen molar-refractivity contribution >= 4 is 23.5 Å². The van der Waals surface area contributed by atoms with Crippen LogP contribution in [0.1, 0.15) is 13.8 Å². The second-order valence-electron chi connectivity index (χ2n) is 12.9. The minimum absolute atomic E-state index is 0.747. The summed E-state index contributed by atoms with van der Waals surface area (Å²) in [5.74, 6) is -150. The summed E-state index contributed by atoms with van der Waals surface area (Å²) in [6.07, 6.45) is -16.7. The van der Waals surface area contributed by atoms with Gasteiger partial charge in [-0.3, -0.25) is 0 Å². The Kier molecular flexibility index (Phi) is 16.1. The third-order valence-corrected chi connectivity index (χ3v) is 11.1. The van der Waals surface area contributed by atoms with Gasteiger partial charge in [-0.25, -0.2) is 0 Å². The van der Waals surface area contributed by atoms with Crippen molar-refractivity contribution in [3.63, 3.8) is 0 Å². The molecule has 44 heteroatoms. The normalized spacial score (nSPS) is 18.0. The van der Waals surface area contributed by atoms with Crippen LogP contribution in [0, 0.1) is 0 Å². The number of rotatable bonds is 21. The Balaban J connectivity index is 7.22. The van der Waals surface area contributed by atoms with Crippen LogP contribution in [0.3, 0.4) is 0 Å². The zero-order valence-corrected chi connectivity index (χ0v) is 31.5. The standard InChI is InChI=1S/C24H8F42S2/c1-3(67-23(63,64)19(53,54)15(45,46)11(37,38)7(29,30)5(25,26)9(33,34)13(41,42)17(49,50)21(57,58)59)4(2)68-24(65,66)20(55,56)16(47,48)12(39,40)8(31,32)6(27,28)10(35,36)14(43,44)18(51,52)22(60,61)62/h3-4H,1-2H3. The van der Waals surface area contributed by atoms with Gasteiger partial charge in [0.15, 0.2) is 0 Å². The van der Waals surface area contributed by atoms with Crippen molar-refractivity contribution in [2.24, 2.45) is 0 Å². The Morgan fingerprint density at radius 1 is 0.176 bits per heavy atom. The smallest absolute Gasteiger partial charge is 0.192 e. The van der Waals surface area contributed by atoms with Crippen LogP contribution in [0.25, 0.3) is 0 Å². The minimum atomic E-state index is -9.75. The molecule has 0 spiro atoms. The van der Waals surface area contributed by atoms with Crippen molar-refractivity contribution in [2.45, 2.75) is 142 Å². The molecule has 0 amide bonds. The van der Waals surface area contributed by atoms with Gasteiger partial charge in [0.1, 0.15) is 0 Å². The van der Waals surface area contributed by atoms with Crippen LogP contribution < -0.4 is 0 Å². The van der Waals surface area contributed by atoms with Crippen LogP contribution in [-0.4, -0.2) is 128 Å². The molecule has 410 valence electrons. The van der Waals surface area contributed by atoms with Gasteiger partial charge in [-0.1, -0.05) is 37.4 Å². The van der Waals surface area contributed by atoms with Crippen molar-refractivity contribution in [2.75, 3.05) is 0 Å². The molecule has 0 aromatic rings. The monoisotopic (exact) mass is 1160 g/mol. The van der Waals surface area contributed by atoms with E-state index >= 15 is 0 Å². The summed E-state index contributed by atoms with van der Waals surface area (Å²) < 4.78 is 569. The molecule has 0 saturated heterocycles. The largest absolute Gasteiger partial charge is 0.460 e. The molecule has 0 saturated carbocycles. The van der Waals surface area contributed by atoms with Crippen molar-refractivity contribution in [1.82, 2.24) is 0 Å². The van der Waals surface area contributed by atoms with E-state index in [1.54, 1.807) is 0 Å². The highest BCUT2D eigenvalue weighted by Gasteiger charge is 3.00. The molecule has 0 rings (SSSR count). The lowest BCUT2D eigenvalue weighted by atomic mass is 9.87. The van der Waals surface area contributed by atoms with E-state index in [9.17, 15) is 184 Å². The van der Waals surface area contributed by atoms with E-state index < -0.39 is 165 Å². The van der Waals surface area contributed by atoms with Crippen LogP contribution >= 0.6 is 23.5 Å². The molecule has 0 aliphatic heterocycles. The summed E-state index contributed by atoms with van der Waals surface area (Å²) in [5.41, 5.74) is 0. The van der Waals surface area contributed by atoms with Crippen molar-refractivity contribution < 1.29 is 184 Å². The first kappa shape index (κ1) is 65.8. The number of hydrogen-bond donors (Lipinski definition) is 0. The molecule has 0 radical (unpaired) electrons. The van der Waals surface area contributed by atoms with Crippen LogP contribution in [0.4, 0.5) is 184 Å². The zero-order valence-electron chi connectivity index (χ0n) is 29.8. The van der Waals surface area contributed by atoms with Gasteiger partial charge in [0.25, 0.3) is 0 Å². The summed E-state index contributed by atoms with van der Waals surface area (Å²) in [7, 11) is 0. The van der Waals surface area contributed by atoms with Gasteiger partial charge in [-0.05, 0) is 0 Å². The van der Waals surface area contributed by atoms with Crippen LogP contribution in [0.5, 0.6) is 0 Å². The Morgan fingerprint density at radius 2 is 0.279 bits per heavy atom. The van der Waals surface area contributed by atoms with Crippen LogP contribution in [0.15, 0.2) is 0 Å². The summed E-state index contributed by atoms with van der Waals surface area (Å²) in [5, 5.41) is -23.7. The lowest BCUT2D eigenvalue weighted by molar-refractivity contribution is -0.472. The van der Waals surface area contributed by atoms with Gasteiger partial charge in [0.2, 0.25) is 0 Å². The maximum Gasteiger partial charge on any atom is 0.460 e. The predicted molar refractivity (Wildman–Crippen MR) is 135 cm³/mol. The Bertz CT molecular complexity index is 1650. The summed E-state index contributed by atoms with van der Waals surface area (Å²) in [6.45, 7) is -1.49. The number of alkyl halides is 42. The van der Waals surface area contributed by atoms with Gasteiger partial charge in [-0.15, -0.1) is 0 Å². The lowest BCUT2D eigenvalue weighted by Gasteiger charge is -2.45. The fourth-order valence-electron chi connectivity index (χ4n) is 3.89. The van der Waals surface area contributed by atoms with E-state index in [0.29, 0.717) is 0 Å². The maximum absolute atomic E-state index is 14.3. The van der Waals surface area contributed by atoms with Crippen molar-refractivity contribution in [1.29, 1.82) is 0 Å². The Hall–Kier alpha value is -2.24. The molecule has 0 aromatic carbocycles. The molecular weight excluding hydrogens is 1150 g/mol. The Morgan fingerprint density at radius 3 is 0.397 bits per heavy atom. The molecule has 0 aromatic heterocycles. The quantitative estimate of drug-likeness (QED) is 0.105. The molecular formula is C24H8F42S2. The maximum atomic E-state index is 14.3. The van der Waals surface area contributed by atoms with Gasteiger partial charge in [0.05, 0.1) is 0 Å². The molecule has 2 unspecified atom stereocenters. The summed E-state index contributed by atoms with van der Waals surface area (Å²) >= 11 is -5.99. The van der Waals surface area contributed by atoms with Gasteiger partial charge in [-0.2, -0.15) is 184 Å². The molecule has 0 aliphatic carbocycles. The molecule has 68 heavy (non-hydrogen) atoms. The molecule has 0 bridgehead atoms. The van der Waals surface area contributed by atoms with Crippen LogP contribution in [0.2, 0.25) is 0 Å². The SMILES string of the molecule is CC(SC(F)(F)C(F)(F)C(F)(F)C(F)(F)C(F)(F)C(F)(F)C(F)(F)C(F)(F)C(F)(F)C(F)(F)F)C(C)SC(F)(F)C(F)(F)C(F)(F)C(F)(F)C(F)(F)C(F)(F)C(F)(F)C(F)(F)C(F)(F)C(F)(F)F. The zero-order chi connectivity index (χ0) is 56.6. The Labute approximate surface area is 350 Å². The highest BCUT2D eigenvalue weighted by atomic mass is 32.2. The highest BCUT2D eigenvalue weighted by Crippen LogP contribution is 2.70. The van der Waals surface area contributed by atoms with E-state index in [1.807, 2.05) is 0 Å². The topological polar surface area (TPSA) is 0 Å². The van der Waals surface area contributed by atoms with Crippen molar-refractivity contribution in [3.05, 3.63) is 0 Å². The van der Waals surface area contributed by atoms with Gasteiger partial charge in [0, 0.05) is 10.5 Å². The fourth-order valence-corrected chi connectivity index (χ4v) is 6.10. The molecule has 0 aliphatic rings. The summed E-state index contributed by atoms with van der Waals surface area (Å²) in [4.78, 5) is 0. The van der Waals surface area contributed by atoms with E-state index in [-0.39, 0.29) is 0 Å². The first-order valence-electron chi connectivity index (χ1n) is 14.8. The van der Waals surface area contributed by atoms with E-state index in [4.69, 9.17) is 0 Å². The fraction of sp³-hybridized carbons (Fsp3) is 1.00. The predicted octanol–water partition coefficient (Wildman–Crippen LogP) is 15.7. The highest BCUT2D eigenvalue weighted by molar-refractivity contribution is 8.04. The van der Waals surface area contributed by atoms with E-state index in [2.05, 4.69) is 0 Å². The molecule has 0 N–H and O–H groups in total. The molecule has 0 fully saturated rings. The second-order valence-corrected chi connectivity index (χ2v) is 15.8. The molecule has 2 atom stereocenters. The molecule has 0 nitrogen and oxygen atoms in total. The van der Waals surface area contributed by atoms with Gasteiger partial charge < -0.3 is 0 Å². The first-order valence-corrected chi connectivity index (χ1v) is 16.6. The number of halogens is 42. The second kappa shape index (κ2) is 16.6. The minimum Gasteiger partial charge on any atom is -0.192 e.